The van der Waals surface area contributed by atoms with Crippen LogP contribution in [0.3, 0.4) is 0 Å². The molecule has 0 saturated carbocycles. The molecule has 0 heterocycles. The van der Waals surface area contributed by atoms with Gasteiger partial charge in [0.05, 0.1) is 12.2 Å². The highest BCUT2D eigenvalue weighted by Crippen LogP contribution is 2.15. The van der Waals surface area contributed by atoms with Gasteiger partial charge in [-0.3, -0.25) is 14.4 Å². The van der Waals surface area contributed by atoms with Crippen LogP contribution in [0.1, 0.15) is 213 Å². The van der Waals surface area contributed by atoms with E-state index in [1.54, 1.807) is 0 Å². The molecule has 0 aliphatic rings. The van der Waals surface area contributed by atoms with Crippen molar-refractivity contribution < 1.29 is 39.9 Å². The van der Waals surface area contributed by atoms with Crippen molar-refractivity contribution in [3.8, 4) is 0 Å². The fourth-order valence-corrected chi connectivity index (χ4v) is 5.34. The Labute approximate surface area is 283 Å². The molecule has 8 nitrogen and oxygen atoms in total. The van der Waals surface area contributed by atoms with E-state index >= 15 is 0 Å². The third kappa shape index (κ3) is 54.8. The Balaban J connectivity index is -0.000000719. The molecule has 0 amide bonds. The lowest BCUT2D eigenvalue weighted by atomic mass is 10.0. The Kier molecular flexibility index (Phi) is 43.8. The Morgan fingerprint density at radius 1 is 0.391 bits per heavy atom. The minimum absolute atomic E-state index is 0.0853. The largest absolute Gasteiger partial charge is 0.481 e. The third-order valence-corrected chi connectivity index (χ3v) is 8.14. The fourth-order valence-electron chi connectivity index (χ4n) is 5.34. The first-order chi connectivity index (χ1) is 22.1. The van der Waals surface area contributed by atoms with Gasteiger partial charge in [-0.1, -0.05) is 155 Å². The second-order valence-electron chi connectivity index (χ2n) is 13.0. The monoisotopic (exact) mass is 661 g/mol. The minimum Gasteiger partial charge on any atom is -0.481 e. The van der Waals surface area contributed by atoms with Crippen molar-refractivity contribution in [1.82, 2.24) is 0 Å². The number of aliphatic hydroxyl groups is 2. The summed E-state index contributed by atoms with van der Waals surface area (Å²) < 4.78 is 0. The zero-order valence-electron chi connectivity index (χ0n) is 30.3. The Hall–Kier alpha value is -1.67. The van der Waals surface area contributed by atoms with E-state index in [-0.39, 0.29) is 12.2 Å². The van der Waals surface area contributed by atoms with E-state index in [0.29, 0.717) is 12.8 Å². The normalized spacial score (nSPS) is 11.9. The number of carboxylic acids is 3. The number of rotatable bonds is 32. The first kappa shape index (κ1) is 48.7. The van der Waals surface area contributed by atoms with E-state index in [1.165, 1.54) is 103 Å². The van der Waals surface area contributed by atoms with Gasteiger partial charge in [0.25, 0.3) is 5.97 Å². The highest BCUT2D eigenvalue weighted by molar-refractivity contribution is 5.66. The molecule has 46 heavy (non-hydrogen) atoms. The van der Waals surface area contributed by atoms with Crippen LogP contribution in [-0.4, -0.2) is 55.6 Å². The standard InChI is InChI=1S/2C18H36O3.C2H4O2/c2*1-2-3-4-11-14-17(19)15-12-9-7-5-6-8-10-13-16-18(20)21;1-2(3)4/h2*17,19H,2-16H2,1H3,(H,20,21);1H3,(H,3,4). The molecule has 0 saturated heterocycles. The van der Waals surface area contributed by atoms with Crippen LogP contribution in [0.5, 0.6) is 0 Å². The smallest absolute Gasteiger partial charge is 0.303 e. The summed E-state index contributed by atoms with van der Waals surface area (Å²) in [5.41, 5.74) is 0. The van der Waals surface area contributed by atoms with Crippen molar-refractivity contribution in [3.63, 3.8) is 0 Å². The number of carboxylic acid groups (broad SMARTS) is 3. The maximum atomic E-state index is 10.3. The average Bonchev–Trinajstić information content (AvgIpc) is 2.99. The van der Waals surface area contributed by atoms with Gasteiger partial charge in [-0.15, -0.1) is 0 Å². The zero-order chi connectivity index (χ0) is 35.1. The summed E-state index contributed by atoms with van der Waals surface area (Å²) in [5, 5.41) is 44.1. The van der Waals surface area contributed by atoms with Gasteiger partial charge in [-0.2, -0.15) is 0 Å². The van der Waals surface area contributed by atoms with Gasteiger partial charge >= 0.3 is 11.9 Å². The van der Waals surface area contributed by atoms with Gasteiger partial charge in [0.1, 0.15) is 0 Å². The van der Waals surface area contributed by atoms with Crippen LogP contribution in [-0.2, 0) is 14.4 Å². The second kappa shape index (κ2) is 41.4. The molecule has 0 aliphatic heterocycles. The number of aliphatic hydroxyl groups excluding tert-OH is 2. The summed E-state index contributed by atoms with van der Waals surface area (Å²) in [5.74, 6) is -2.19. The lowest BCUT2D eigenvalue weighted by Gasteiger charge is -2.10. The van der Waals surface area contributed by atoms with E-state index in [0.717, 1.165) is 84.0 Å². The molecule has 0 fully saturated rings. The summed E-state index contributed by atoms with van der Waals surface area (Å²) in [4.78, 5) is 29.7. The predicted octanol–water partition coefficient (Wildman–Crippen LogP) is 10.7. The molecule has 0 rings (SSSR count). The van der Waals surface area contributed by atoms with Gasteiger partial charge in [0, 0.05) is 19.8 Å². The van der Waals surface area contributed by atoms with Crippen molar-refractivity contribution >= 4 is 17.9 Å². The molecule has 0 aliphatic carbocycles. The van der Waals surface area contributed by atoms with E-state index in [1.807, 2.05) is 0 Å². The van der Waals surface area contributed by atoms with Crippen LogP contribution in [0.4, 0.5) is 0 Å². The molecule has 0 spiro atoms. The van der Waals surface area contributed by atoms with Crippen LogP contribution < -0.4 is 0 Å². The summed E-state index contributed by atoms with van der Waals surface area (Å²) in [7, 11) is 0. The Morgan fingerprint density at radius 2 is 0.587 bits per heavy atom. The van der Waals surface area contributed by atoms with Crippen LogP contribution in [0.15, 0.2) is 0 Å². The third-order valence-electron chi connectivity index (χ3n) is 8.14. The fraction of sp³-hybridized carbons (Fsp3) is 0.921. The number of hydrogen-bond donors (Lipinski definition) is 5. The average molecular weight is 661 g/mol. The van der Waals surface area contributed by atoms with Gasteiger partial charge in [0.15, 0.2) is 0 Å². The van der Waals surface area contributed by atoms with Crippen molar-refractivity contribution in [2.45, 2.75) is 226 Å². The highest BCUT2D eigenvalue weighted by Gasteiger charge is 2.05. The lowest BCUT2D eigenvalue weighted by Crippen LogP contribution is -2.05. The molecule has 276 valence electrons. The number of hydrogen-bond acceptors (Lipinski definition) is 5. The summed E-state index contributed by atoms with van der Waals surface area (Å²) >= 11 is 0. The number of carbonyl (C=O) groups is 3. The first-order valence-electron chi connectivity index (χ1n) is 19.1. The van der Waals surface area contributed by atoms with Gasteiger partial charge < -0.3 is 25.5 Å². The molecule has 0 aromatic heterocycles. The molecule has 0 bridgehead atoms. The molecule has 0 aromatic carbocycles. The van der Waals surface area contributed by atoms with Crippen LogP contribution in [0, 0.1) is 0 Å². The van der Waals surface area contributed by atoms with Crippen LogP contribution in [0.25, 0.3) is 0 Å². The molecule has 2 atom stereocenters. The molecule has 8 heteroatoms. The van der Waals surface area contributed by atoms with E-state index in [9.17, 15) is 19.8 Å². The minimum atomic E-state index is -0.833. The first-order valence-corrected chi connectivity index (χ1v) is 19.1. The topological polar surface area (TPSA) is 152 Å². The molecular formula is C38H76O8. The van der Waals surface area contributed by atoms with Crippen LogP contribution in [0.2, 0.25) is 0 Å². The molecular weight excluding hydrogens is 584 g/mol. The number of aliphatic carboxylic acids is 3. The van der Waals surface area contributed by atoms with Crippen molar-refractivity contribution in [3.05, 3.63) is 0 Å². The SMILES string of the molecule is CC(=O)O.CCCCCCC(O)CCCCCCCCCCC(=O)O.CCCCCCC(O)CCCCCCCCCCC(=O)O. The van der Waals surface area contributed by atoms with Crippen LogP contribution >= 0.6 is 0 Å². The van der Waals surface area contributed by atoms with Crippen molar-refractivity contribution in [2.24, 2.45) is 0 Å². The van der Waals surface area contributed by atoms with E-state index in [4.69, 9.17) is 20.1 Å². The Bertz CT molecular complexity index is 588. The molecule has 0 radical (unpaired) electrons. The van der Waals surface area contributed by atoms with Gasteiger partial charge in [-0.05, 0) is 38.5 Å². The Morgan fingerprint density at radius 3 is 0.804 bits per heavy atom. The molecule has 0 aromatic rings. The zero-order valence-corrected chi connectivity index (χ0v) is 30.3. The maximum absolute atomic E-state index is 10.3. The van der Waals surface area contributed by atoms with Crippen molar-refractivity contribution in [1.29, 1.82) is 0 Å². The highest BCUT2D eigenvalue weighted by atomic mass is 16.4. The lowest BCUT2D eigenvalue weighted by molar-refractivity contribution is -0.138. The predicted molar refractivity (Wildman–Crippen MR) is 190 cm³/mol. The van der Waals surface area contributed by atoms with Gasteiger partial charge in [0.2, 0.25) is 0 Å². The van der Waals surface area contributed by atoms with E-state index in [2.05, 4.69) is 13.8 Å². The number of unbranched alkanes of at least 4 members (excludes halogenated alkanes) is 20. The van der Waals surface area contributed by atoms with E-state index < -0.39 is 17.9 Å². The molecule has 5 N–H and O–H groups in total. The summed E-state index contributed by atoms with van der Waals surface area (Å²) in [6, 6.07) is 0. The maximum Gasteiger partial charge on any atom is 0.303 e. The molecule has 2 unspecified atom stereocenters. The second-order valence-corrected chi connectivity index (χ2v) is 13.0. The summed E-state index contributed by atoms with van der Waals surface area (Å²) in [6.45, 7) is 5.51. The quantitative estimate of drug-likeness (QED) is 0.0447. The van der Waals surface area contributed by atoms with Crippen molar-refractivity contribution in [2.75, 3.05) is 0 Å². The summed E-state index contributed by atoms with van der Waals surface area (Å²) in [6.07, 6.45) is 32.5. The van der Waals surface area contributed by atoms with Gasteiger partial charge in [-0.25, -0.2) is 0 Å².